The van der Waals surface area contributed by atoms with Crippen molar-refractivity contribution < 1.29 is 9.53 Å². The third kappa shape index (κ3) is 2.27. The minimum absolute atomic E-state index is 0.314. The normalized spacial score (nSPS) is 30.3. The molecule has 2 fully saturated rings. The number of rotatable bonds is 2. The predicted octanol–water partition coefficient (Wildman–Crippen LogP) is 1.42. The third-order valence-corrected chi connectivity index (χ3v) is 3.45. The Labute approximate surface area is 85.4 Å². The summed E-state index contributed by atoms with van der Waals surface area (Å²) in [6.07, 6.45) is 7.90. The SMILES string of the molecule is O=CN1CCOC(C2CCCCC2)C1. The molecule has 0 aromatic heterocycles. The fourth-order valence-electron chi connectivity index (χ4n) is 2.58. The first-order valence-electron chi connectivity index (χ1n) is 5.71. The maximum Gasteiger partial charge on any atom is 0.209 e. The van der Waals surface area contributed by atoms with Gasteiger partial charge in [0.05, 0.1) is 12.7 Å². The average Bonchev–Trinajstić information content (AvgIpc) is 2.30. The van der Waals surface area contributed by atoms with E-state index in [0.717, 1.165) is 26.1 Å². The molecule has 3 heteroatoms. The van der Waals surface area contributed by atoms with Gasteiger partial charge in [-0.05, 0) is 18.8 Å². The Morgan fingerprint density at radius 2 is 2.00 bits per heavy atom. The first-order chi connectivity index (χ1) is 6.90. The second kappa shape index (κ2) is 4.78. The van der Waals surface area contributed by atoms with Gasteiger partial charge in [0.2, 0.25) is 6.41 Å². The summed E-state index contributed by atoms with van der Waals surface area (Å²) in [7, 11) is 0. The highest BCUT2D eigenvalue weighted by molar-refractivity contribution is 5.47. The number of carbonyl (C=O) groups is 1. The summed E-state index contributed by atoms with van der Waals surface area (Å²) in [5.74, 6) is 0.700. The molecule has 80 valence electrons. The molecule has 1 unspecified atom stereocenters. The Kier molecular flexibility index (Phi) is 3.40. The van der Waals surface area contributed by atoms with E-state index in [-0.39, 0.29) is 0 Å². The summed E-state index contributed by atoms with van der Waals surface area (Å²) in [4.78, 5) is 12.5. The highest BCUT2D eigenvalue weighted by atomic mass is 16.5. The zero-order valence-electron chi connectivity index (χ0n) is 8.65. The van der Waals surface area contributed by atoms with E-state index in [9.17, 15) is 4.79 Å². The lowest BCUT2D eigenvalue weighted by molar-refractivity contribution is -0.128. The van der Waals surface area contributed by atoms with Crippen LogP contribution in [0.5, 0.6) is 0 Å². The van der Waals surface area contributed by atoms with E-state index < -0.39 is 0 Å². The van der Waals surface area contributed by atoms with Gasteiger partial charge in [-0.25, -0.2) is 0 Å². The van der Waals surface area contributed by atoms with Crippen LogP contribution >= 0.6 is 0 Å². The van der Waals surface area contributed by atoms with Crippen molar-refractivity contribution in [2.45, 2.75) is 38.2 Å². The van der Waals surface area contributed by atoms with E-state index in [2.05, 4.69) is 0 Å². The topological polar surface area (TPSA) is 29.5 Å². The van der Waals surface area contributed by atoms with E-state index >= 15 is 0 Å². The molecule has 0 N–H and O–H groups in total. The molecule has 2 aliphatic rings. The molecule has 1 aliphatic carbocycles. The minimum atomic E-state index is 0.314. The molecular weight excluding hydrogens is 178 g/mol. The second-order valence-corrected chi connectivity index (χ2v) is 4.41. The van der Waals surface area contributed by atoms with Crippen LogP contribution in [-0.2, 0) is 9.53 Å². The first-order valence-corrected chi connectivity index (χ1v) is 5.71. The van der Waals surface area contributed by atoms with Crippen LogP contribution in [0.1, 0.15) is 32.1 Å². The second-order valence-electron chi connectivity index (χ2n) is 4.41. The van der Waals surface area contributed by atoms with Crippen molar-refractivity contribution >= 4 is 6.41 Å². The molecule has 2 rings (SSSR count). The zero-order chi connectivity index (χ0) is 9.80. The Morgan fingerprint density at radius 3 is 2.71 bits per heavy atom. The summed E-state index contributed by atoms with van der Waals surface area (Å²) in [5.41, 5.74) is 0. The maximum absolute atomic E-state index is 10.7. The number of carbonyl (C=O) groups excluding carboxylic acids is 1. The van der Waals surface area contributed by atoms with Crippen molar-refractivity contribution in [1.29, 1.82) is 0 Å². The summed E-state index contributed by atoms with van der Waals surface area (Å²) >= 11 is 0. The Morgan fingerprint density at radius 1 is 1.21 bits per heavy atom. The van der Waals surface area contributed by atoms with Crippen LogP contribution in [0.4, 0.5) is 0 Å². The van der Waals surface area contributed by atoms with E-state index in [4.69, 9.17) is 4.74 Å². The van der Waals surface area contributed by atoms with Crippen molar-refractivity contribution in [3.63, 3.8) is 0 Å². The van der Waals surface area contributed by atoms with Crippen molar-refractivity contribution in [2.24, 2.45) is 5.92 Å². The van der Waals surface area contributed by atoms with Gasteiger partial charge >= 0.3 is 0 Å². The largest absolute Gasteiger partial charge is 0.374 e. The fraction of sp³-hybridized carbons (Fsp3) is 0.909. The lowest BCUT2D eigenvalue weighted by Gasteiger charge is -2.36. The molecule has 0 radical (unpaired) electrons. The van der Waals surface area contributed by atoms with Crippen molar-refractivity contribution in [3.05, 3.63) is 0 Å². The van der Waals surface area contributed by atoms with E-state index in [0.29, 0.717) is 12.0 Å². The smallest absolute Gasteiger partial charge is 0.209 e. The number of amides is 1. The van der Waals surface area contributed by atoms with Gasteiger partial charge in [-0.3, -0.25) is 4.79 Å². The molecule has 0 bridgehead atoms. The van der Waals surface area contributed by atoms with Crippen LogP contribution < -0.4 is 0 Å². The van der Waals surface area contributed by atoms with Gasteiger partial charge < -0.3 is 9.64 Å². The Balaban J connectivity index is 1.86. The maximum atomic E-state index is 10.7. The Bertz CT molecular complexity index is 190. The van der Waals surface area contributed by atoms with E-state index in [1.54, 1.807) is 0 Å². The monoisotopic (exact) mass is 197 g/mol. The van der Waals surface area contributed by atoms with Crippen LogP contribution in [0.2, 0.25) is 0 Å². The van der Waals surface area contributed by atoms with Gasteiger partial charge in [-0.15, -0.1) is 0 Å². The molecule has 0 aromatic rings. The quantitative estimate of drug-likeness (QED) is 0.627. The number of nitrogens with zero attached hydrogens (tertiary/aromatic N) is 1. The number of morpholine rings is 1. The van der Waals surface area contributed by atoms with Crippen molar-refractivity contribution in [2.75, 3.05) is 19.7 Å². The molecule has 3 nitrogen and oxygen atoms in total. The summed E-state index contributed by atoms with van der Waals surface area (Å²) < 4.78 is 5.75. The zero-order valence-corrected chi connectivity index (χ0v) is 8.65. The van der Waals surface area contributed by atoms with Crippen LogP contribution in [0.25, 0.3) is 0 Å². The molecule has 1 aliphatic heterocycles. The highest BCUT2D eigenvalue weighted by Crippen LogP contribution is 2.29. The van der Waals surface area contributed by atoms with Gasteiger partial charge in [0.1, 0.15) is 0 Å². The minimum Gasteiger partial charge on any atom is -0.374 e. The standard InChI is InChI=1S/C11H19NO2/c13-9-12-6-7-14-11(8-12)10-4-2-1-3-5-10/h9-11H,1-8H2. The Hall–Kier alpha value is -0.570. The molecular formula is C11H19NO2. The third-order valence-electron chi connectivity index (χ3n) is 3.45. The van der Waals surface area contributed by atoms with Gasteiger partial charge in [-0.2, -0.15) is 0 Å². The fourth-order valence-corrected chi connectivity index (χ4v) is 2.58. The average molecular weight is 197 g/mol. The van der Waals surface area contributed by atoms with Crippen LogP contribution in [-0.4, -0.2) is 37.1 Å². The first kappa shape index (κ1) is 9.97. The number of ether oxygens (including phenoxy) is 1. The molecule has 1 atom stereocenters. The van der Waals surface area contributed by atoms with E-state index in [1.807, 2.05) is 4.90 Å². The summed E-state index contributed by atoms with van der Waals surface area (Å²) in [5, 5.41) is 0. The lowest BCUT2D eigenvalue weighted by atomic mass is 9.84. The number of hydrogen-bond acceptors (Lipinski definition) is 2. The van der Waals surface area contributed by atoms with E-state index in [1.165, 1.54) is 32.1 Å². The van der Waals surface area contributed by atoms with Crippen LogP contribution in [0.15, 0.2) is 0 Å². The van der Waals surface area contributed by atoms with Gasteiger partial charge in [-0.1, -0.05) is 19.3 Å². The molecule has 0 aromatic carbocycles. The van der Waals surface area contributed by atoms with Crippen molar-refractivity contribution in [3.8, 4) is 0 Å². The summed E-state index contributed by atoms with van der Waals surface area (Å²) in [6, 6.07) is 0. The predicted molar refractivity (Wildman–Crippen MR) is 54.0 cm³/mol. The van der Waals surface area contributed by atoms with Gasteiger partial charge in [0.25, 0.3) is 0 Å². The number of hydrogen-bond donors (Lipinski definition) is 0. The summed E-state index contributed by atoms with van der Waals surface area (Å²) in [6.45, 7) is 2.31. The lowest BCUT2D eigenvalue weighted by Crippen LogP contribution is -2.45. The molecule has 0 spiro atoms. The van der Waals surface area contributed by atoms with Crippen molar-refractivity contribution in [1.82, 2.24) is 4.90 Å². The molecule has 14 heavy (non-hydrogen) atoms. The van der Waals surface area contributed by atoms with Crippen LogP contribution in [0, 0.1) is 5.92 Å². The highest BCUT2D eigenvalue weighted by Gasteiger charge is 2.28. The molecule has 1 saturated heterocycles. The molecule has 1 heterocycles. The van der Waals surface area contributed by atoms with Crippen LogP contribution in [0.3, 0.4) is 0 Å². The van der Waals surface area contributed by atoms with Gasteiger partial charge in [0, 0.05) is 13.1 Å². The van der Waals surface area contributed by atoms with Gasteiger partial charge in [0.15, 0.2) is 0 Å². The molecule has 1 saturated carbocycles. The molecule has 1 amide bonds.